The number of carboxylic acids is 2. The highest BCUT2D eigenvalue weighted by Crippen LogP contribution is 2.55. The third-order valence-corrected chi connectivity index (χ3v) is 4.56. The maximum atomic E-state index is 12.6. The molecule has 0 fully saturated rings. The molecule has 0 aliphatic heterocycles. The molecule has 0 saturated heterocycles. The Morgan fingerprint density at radius 3 is 1.68 bits per heavy atom. The number of carbonyl (C=O) groups is 2. The van der Waals surface area contributed by atoms with E-state index in [2.05, 4.69) is 9.35 Å². The van der Waals surface area contributed by atoms with Gasteiger partial charge in [-0.15, -0.1) is 9.35 Å². The van der Waals surface area contributed by atoms with E-state index in [1.165, 1.54) is 0 Å². The van der Waals surface area contributed by atoms with Gasteiger partial charge >= 0.3 is 19.5 Å². The molecule has 0 amide bonds. The van der Waals surface area contributed by atoms with E-state index < -0.39 is 43.8 Å². The summed E-state index contributed by atoms with van der Waals surface area (Å²) in [5.41, 5.74) is -1.95. The second-order valence-corrected chi connectivity index (χ2v) is 6.77. The Bertz CT molecular complexity index is 393. The van der Waals surface area contributed by atoms with Crippen molar-refractivity contribution in [1.82, 2.24) is 0 Å². The average molecular weight is 342 g/mol. The number of aliphatic carboxylic acids is 2. The zero-order valence-electron chi connectivity index (χ0n) is 13.1. The fraction of sp³-hybridized carbons (Fsp3) is 0.833. The Labute approximate surface area is 128 Å². The monoisotopic (exact) mass is 342 g/mol. The van der Waals surface area contributed by atoms with E-state index in [9.17, 15) is 14.2 Å². The predicted octanol–water partition coefficient (Wildman–Crippen LogP) is 2.60. The van der Waals surface area contributed by atoms with Crippen LogP contribution in [0.15, 0.2) is 0 Å². The summed E-state index contributed by atoms with van der Waals surface area (Å²) in [4.78, 5) is 31.6. The van der Waals surface area contributed by atoms with Crippen molar-refractivity contribution in [1.29, 1.82) is 0 Å². The molecular weight excluding hydrogens is 319 g/mol. The van der Waals surface area contributed by atoms with Gasteiger partial charge in [-0.05, 0) is 26.7 Å². The summed E-state index contributed by atoms with van der Waals surface area (Å²) < 4.78 is 21.9. The molecule has 10 heteroatoms. The summed E-state index contributed by atoms with van der Waals surface area (Å²) in [5, 5.41) is 17.9. The molecule has 0 aliphatic carbocycles. The highest BCUT2D eigenvalue weighted by Gasteiger charge is 2.46. The summed E-state index contributed by atoms with van der Waals surface area (Å²) >= 11 is 0. The Morgan fingerprint density at radius 1 is 1.00 bits per heavy atom. The fourth-order valence-corrected chi connectivity index (χ4v) is 2.44. The molecule has 0 spiro atoms. The fourth-order valence-electron chi connectivity index (χ4n) is 1.02. The molecule has 2 N–H and O–H groups in total. The summed E-state index contributed by atoms with van der Waals surface area (Å²) in [7, 11) is -4.50. The van der Waals surface area contributed by atoms with E-state index in [1.807, 2.05) is 0 Å². The van der Waals surface area contributed by atoms with E-state index in [0.717, 1.165) is 0 Å². The first-order valence-corrected chi connectivity index (χ1v) is 8.51. The largest absolute Gasteiger partial charge is 0.481 e. The Balaban J connectivity index is 5.20. The van der Waals surface area contributed by atoms with Crippen LogP contribution in [-0.2, 0) is 33.3 Å². The summed E-state index contributed by atoms with van der Waals surface area (Å²) in [6.07, 6.45) is -0.925. The first-order valence-electron chi connectivity index (χ1n) is 6.90. The lowest BCUT2D eigenvalue weighted by Crippen LogP contribution is -2.27. The molecule has 0 aromatic carbocycles. The van der Waals surface area contributed by atoms with E-state index in [1.54, 1.807) is 27.7 Å². The van der Waals surface area contributed by atoms with Crippen LogP contribution in [0, 0.1) is 0 Å². The lowest BCUT2D eigenvalue weighted by molar-refractivity contribution is -0.297. The van der Waals surface area contributed by atoms with Gasteiger partial charge in [-0.2, -0.15) is 0 Å². The number of hydrogen-bond acceptors (Lipinski definition) is 7. The molecule has 9 nitrogen and oxygen atoms in total. The van der Waals surface area contributed by atoms with Crippen LogP contribution >= 0.6 is 7.60 Å². The van der Waals surface area contributed by atoms with E-state index >= 15 is 0 Å². The molecule has 0 aliphatic rings. The average Bonchev–Trinajstić information content (AvgIpc) is 2.47. The van der Waals surface area contributed by atoms with Crippen LogP contribution in [-0.4, -0.2) is 40.0 Å². The zero-order chi connectivity index (χ0) is 17.3. The van der Waals surface area contributed by atoms with Crippen LogP contribution in [0.25, 0.3) is 0 Å². The highest BCUT2D eigenvalue weighted by molar-refractivity contribution is 7.55. The van der Waals surface area contributed by atoms with Gasteiger partial charge in [0.2, 0.25) is 0 Å². The van der Waals surface area contributed by atoms with Crippen molar-refractivity contribution in [2.24, 2.45) is 0 Å². The highest BCUT2D eigenvalue weighted by atomic mass is 31.2. The molecular formula is C12H23O9P. The van der Waals surface area contributed by atoms with Crippen molar-refractivity contribution in [3.05, 3.63) is 0 Å². The number of hydrogen-bond donors (Lipinski definition) is 2. The van der Waals surface area contributed by atoms with Crippen molar-refractivity contribution >= 4 is 19.5 Å². The Hall–Kier alpha value is -0.990. The van der Waals surface area contributed by atoms with Gasteiger partial charge in [-0.25, -0.2) is 9.78 Å². The summed E-state index contributed by atoms with van der Waals surface area (Å²) in [5.74, 6) is -3.11. The summed E-state index contributed by atoms with van der Waals surface area (Å²) in [6, 6.07) is 0. The smallest absolute Gasteiger partial charge is 0.398 e. The van der Waals surface area contributed by atoms with Gasteiger partial charge < -0.3 is 10.2 Å². The van der Waals surface area contributed by atoms with Gasteiger partial charge in [-0.1, -0.05) is 13.8 Å². The van der Waals surface area contributed by atoms with Gasteiger partial charge in [0.05, 0.1) is 18.6 Å². The molecule has 3 unspecified atom stereocenters. The maximum absolute atomic E-state index is 12.6. The molecule has 0 aromatic rings. The molecule has 0 aromatic heterocycles. The standard InChI is InChI=1S/C12H23O9P/c1-5-8(3)18-20-22(17,21-19-9(4)6-2)10(12(15)16)7-11(13)14/h8-10H,5-7H2,1-4H3,(H,13,14)(H,15,16). The van der Waals surface area contributed by atoms with Gasteiger partial charge in [0.1, 0.15) is 0 Å². The molecule has 0 bridgehead atoms. The quantitative estimate of drug-likeness (QED) is 0.312. The third kappa shape index (κ3) is 7.33. The molecule has 0 heterocycles. The second-order valence-electron chi connectivity index (χ2n) is 4.77. The van der Waals surface area contributed by atoms with Crippen LogP contribution in [0.1, 0.15) is 47.0 Å². The van der Waals surface area contributed by atoms with E-state index in [-0.39, 0.29) is 0 Å². The van der Waals surface area contributed by atoms with Crippen LogP contribution in [0.3, 0.4) is 0 Å². The Kier molecular flexibility index (Phi) is 9.47. The predicted molar refractivity (Wildman–Crippen MR) is 75.1 cm³/mol. The van der Waals surface area contributed by atoms with Gasteiger partial charge in [0.15, 0.2) is 5.66 Å². The molecule has 3 atom stereocenters. The van der Waals surface area contributed by atoms with Crippen LogP contribution in [0.2, 0.25) is 0 Å². The molecule has 130 valence electrons. The molecule has 0 rings (SSSR count). The number of carboxylic acid groups (broad SMARTS) is 2. The van der Waals surface area contributed by atoms with Crippen molar-refractivity contribution < 1.29 is 43.5 Å². The topological polar surface area (TPSA) is 129 Å². The van der Waals surface area contributed by atoms with Crippen LogP contribution < -0.4 is 0 Å². The minimum absolute atomic E-state index is 0.486. The van der Waals surface area contributed by atoms with Crippen molar-refractivity contribution in [3.63, 3.8) is 0 Å². The second kappa shape index (κ2) is 9.91. The molecule has 0 saturated carbocycles. The zero-order valence-corrected chi connectivity index (χ0v) is 13.9. The van der Waals surface area contributed by atoms with Gasteiger partial charge in [0, 0.05) is 0 Å². The maximum Gasteiger partial charge on any atom is 0.398 e. The lowest BCUT2D eigenvalue weighted by Gasteiger charge is -2.23. The van der Waals surface area contributed by atoms with Crippen LogP contribution in [0.5, 0.6) is 0 Å². The lowest BCUT2D eigenvalue weighted by atomic mass is 10.3. The molecule has 22 heavy (non-hydrogen) atoms. The third-order valence-electron chi connectivity index (χ3n) is 2.81. The van der Waals surface area contributed by atoms with E-state index in [0.29, 0.717) is 12.8 Å². The Morgan fingerprint density at radius 2 is 1.41 bits per heavy atom. The first kappa shape index (κ1) is 21.0. The first-order chi connectivity index (χ1) is 10.2. The summed E-state index contributed by atoms with van der Waals surface area (Å²) in [6.45, 7) is 6.74. The normalized spacial score (nSPS) is 18.2. The van der Waals surface area contributed by atoms with Crippen LogP contribution in [0.4, 0.5) is 0 Å². The van der Waals surface area contributed by atoms with Crippen molar-refractivity contribution in [2.75, 3.05) is 0 Å². The minimum atomic E-state index is -4.50. The van der Waals surface area contributed by atoms with Gasteiger partial charge in [-0.3, -0.25) is 14.2 Å². The SMILES string of the molecule is CCC(C)OOP(=O)(OOC(C)CC)C(CC(=O)O)C(=O)O. The van der Waals surface area contributed by atoms with Crippen molar-refractivity contribution in [2.45, 2.75) is 64.8 Å². The van der Waals surface area contributed by atoms with Crippen molar-refractivity contribution in [3.8, 4) is 0 Å². The van der Waals surface area contributed by atoms with E-state index in [4.69, 9.17) is 20.0 Å². The number of rotatable bonds is 12. The minimum Gasteiger partial charge on any atom is -0.481 e. The molecule has 0 radical (unpaired) electrons. The van der Waals surface area contributed by atoms with Gasteiger partial charge in [0.25, 0.3) is 0 Å².